The summed E-state index contributed by atoms with van der Waals surface area (Å²) in [6.45, 7) is 4.43. The van der Waals surface area contributed by atoms with Gasteiger partial charge in [-0.05, 0) is 30.0 Å². The lowest BCUT2D eigenvalue weighted by molar-refractivity contribution is -0.126. The van der Waals surface area contributed by atoms with Crippen LogP contribution in [0.3, 0.4) is 0 Å². The molecule has 2 aromatic rings. The number of fused-ring (bicyclic) bond motifs is 1. The van der Waals surface area contributed by atoms with Crippen LogP contribution in [0.1, 0.15) is 30.9 Å². The topological polar surface area (TPSA) is 52.7 Å². The highest BCUT2D eigenvalue weighted by Gasteiger charge is 2.37. The van der Waals surface area contributed by atoms with Gasteiger partial charge in [-0.1, -0.05) is 48.5 Å². The lowest BCUT2D eigenvalue weighted by atomic mass is 10.0. The quantitative estimate of drug-likeness (QED) is 0.891. The smallest absolute Gasteiger partial charge is 0.243 e. The Labute approximate surface area is 166 Å². The van der Waals surface area contributed by atoms with E-state index in [4.69, 9.17) is 0 Å². The van der Waals surface area contributed by atoms with Gasteiger partial charge in [0.05, 0.1) is 0 Å². The first kappa shape index (κ1) is 18.7. The van der Waals surface area contributed by atoms with E-state index < -0.39 is 6.04 Å². The van der Waals surface area contributed by atoms with Crippen LogP contribution < -0.4 is 10.2 Å². The normalized spacial score (nSPS) is 20.0. The van der Waals surface area contributed by atoms with Gasteiger partial charge in [0.15, 0.2) is 0 Å². The Morgan fingerprint density at radius 1 is 1.00 bits per heavy atom. The third kappa shape index (κ3) is 3.94. The van der Waals surface area contributed by atoms with Crippen molar-refractivity contribution in [3.8, 4) is 0 Å². The molecule has 1 atom stereocenters. The highest BCUT2D eigenvalue weighted by Crippen LogP contribution is 2.32. The van der Waals surface area contributed by atoms with Crippen molar-refractivity contribution in [3.63, 3.8) is 0 Å². The number of anilines is 1. The first-order valence-corrected chi connectivity index (χ1v) is 10.1. The molecule has 2 aromatic carbocycles. The Morgan fingerprint density at radius 2 is 1.68 bits per heavy atom. The molecule has 1 saturated heterocycles. The molecule has 5 heteroatoms. The minimum absolute atomic E-state index is 0.0343. The number of amides is 2. The summed E-state index contributed by atoms with van der Waals surface area (Å²) >= 11 is 0. The van der Waals surface area contributed by atoms with Crippen LogP contribution in [0.4, 0.5) is 5.69 Å². The van der Waals surface area contributed by atoms with Crippen molar-refractivity contribution in [3.05, 3.63) is 65.7 Å². The van der Waals surface area contributed by atoms with Crippen LogP contribution in [0.15, 0.2) is 54.6 Å². The van der Waals surface area contributed by atoms with Gasteiger partial charge in [0.25, 0.3) is 0 Å². The second kappa shape index (κ2) is 8.15. The van der Waals surface area contributed by atoms with Crippen LogP contribution in [-0.4, -0.2) is 41.9 Å². The predicted octanol–water partition coefficient (Wildman–Crippen LogP) is 2.75. The van der Waals surface area contributed by atoms with E-state index >= 15 is 0 Å². The van der Waals surface area contributed by atoms with Crippen molar-refractivity contribution in [2.75, 3.05) is 18.0 Å². The number of para-hydroxylation sites is 1. The zero-order valence-electron chi connectivity index (χ0n) is 16.3. The second-order valence-electron chi connectivity index (χ2n) is 7.78. The molecule has 0 radical (unpaired) electrons. The number of nitrogens with one attached hydrogen (secondary N) is 1. The molecule has 0 saturated carbocycles. The highest BCUT2D eigenvalue weighted by atomic mass is 16.2. The Hall–Kier alpha value is -2.66. The van der Waals surface area contributed by atoms with Crippen molar-refractivity contribution in [2.45, 2.75) is 44.8 Å². The summed E-state index contributed by atoms with van der Waals surface area (Å²) in [7, 11) is 0. The zero-order chi connectivity index (χ0) is 19.5. The number of rotatable bonds is 4. The van der Waals surface area contributed by atoms with Crippen molar-refractivity contribution in [2.24, 2.45) is 0 Å². The molecule has 0 spiro atoms. The number of likely N-dealkylation sites (tertiary alicyclic amines) is 1. The zero-order valence-corrected chi connectivity index (χ0v) is 16.3. The van der Waals surface area contributed by atoms with E-state index in [1.807, 2.05) is 30.3 Å². The number of hydrogen-bond donors (Lipinski definition) is 1. The molecule has 0 aromatic heterocycles. The molecule has 5 nitrogen and oxygen atoms in total. The Kier molecular flexibility index (Phi) is 5.44. The van der Waals surface area contributed by atoms with E-state index in [1.54, 1.807) is 4.90 Å². The standard InChI is InChI=1S/C23H27N3O2/c1-17(27)26-21-10-6-5-9-19(21)15-22(26)23(28)24-20-11-13-25(14-12-20)16-18-7-3-2-4-8-18/h2-10,20,22H,11-16H2,1H3,(H,24,28). The van der Waals surface area contributed by atoms with Gasteiger partial charge in [0.1, 0.15) is 6.04 Å². The van der Waals surface area contributed by atoms with E-state index in [2.05, 4.69) is 34.5 Å². The summed E-state index contributed by atoms with van der Waals surface area (Å²) in [5.41, 5.74) is 3.26. The van der Waals surface area contributed by atoms with Gasteiger partial charge in [-0.3, -0.25) is 19.4 Å². The van der Waals surface area contributed by atoms with Crippen LogP contribution in [0.25, 0.3) is 0 Å². The van der Waals surface area contributed by atoms with E-state index in [0.717, 1.165) is 43.7 Å². The molecule has 4 rings (SSSR count). The molecule has 146 valence electrons. The second-order valence-corrected chi connectivity index (χ2v) is 7.78. The highest BCUT2D eigenvalue weighted by molar-refractivity contribution is 6.02. The molecule has 2 aliphatic heterocycles. The number of piperidine rings is 1. The molecular weight excluding hydrogens is 350 g/mol. The number of benzene rings is 2. The molecule has 2 aliphatic rings. The number of carbonyl (C=O) groups excluding carboxylic acids is 2. The summed E-state index contributed by atoms with van der Waals surface area (Å²) < 4.78 is 0. The van der Waals surface area contributed by atoms with Gasteiger partial charge < -0.3 is 5.32 Å². The molecule has 1 N–H and O–H groups in total. The third-order valence-corrected chi connectivity index (χ3v) is 5.80. The first-order valence-electron chi connectivity index (χ1n) is 10.1. The monoisotopic (exact) mass is 377 g/mol. The summed E-state index contributed by atoms with van der Waals surface area (Å²) in [5.74, 6) is -0.115. The van der Waals surface area contributed by atoms with Crippen LogP contribution in [0, 0.1) is 0 Å². The average Bonchev–Trinajstić information content (AvgIpc) is 3.10. The average molecular weight is 377 g/mol. The maximum atomic E-state index is 13.0. The number of nitrogens with zero attached hydrogens (tertiary/aromatic N) is 2. The van der Waals surface area contributed by atoms with Crippen LogP contribution in [-0.2, 0) is 22.6 Å². The lowest BCUT2D eigenvalue weighted by Crippen LogP contribution is -2.52. The first-order chi connectivity index (χ1) is 13.6. The van der Waals surface area contributed by atoms with E-state index in [0.29, 0.717) is 6.42 Å². The van der Waals surface area contributed by atoms with Gasteiger partial charge in [-0.25, -0.2) is 0 Å². The van der Waals surface area contributed by atoms with Gasteiger partial charge in [-0.15, -0.1) is 0 Å². The van der Waals surface area contributed by atoms with Crippen LogP contribution in [0.2, 0.25) is 0 Å². The fourth-order valence-electron chi connectivity index (χ4n) is 4.36. The molecular formula is C23H27N3O2. The Balaban J connectivity index is 1.33. The van der Waals surface area contributed by atoms with Crippen molar-refractivity contribution in [1.29, 1.82) is 0 Å². The third-order valence-electron chi connectivity index (χ3n) is 5.80. The summed E-state index contributed by atoms with van der Waals surface area (Å²) in [5, 5.41) is 3.21. The minimum Gasteiger partial charge on any atom is -0.351 e. The molecule has 1 unspecified atom stereocenters. The lowest BCUT2D eigenvalue weighted by Gasteiger charge is -2.33. The predicted molar refractivity (Wildman–Crippen MR) is 110 cm³/mol. The number of carbonyl (C=O) groups is 2. The van der Waals surface area contributed by atoms with Gasteiger partial charge in [0.2, 0.25) is 11.8 Å². The van der Waals surface area contributed by atoms with Crippen molar-refractivity contribution >= 4 is 17.5 Å². The van der Waals surface area contributed by atoms with E-state index in [1.165, 1.54) is 12.5 Å². The fourth-order valence-corrected chi connectivity index (χ4v) is 4.36. The molecule has 2 amide bonds. The van der Waals surface area contributed by atoms with Gasteiger partial charge >= 0.3 is 0 Å². The van der Waals surface area contributed by atoms with Crippen LogP contribution in [0.5, 0.6) is 0 Å². The Bertz CT molecular complexity index is 844. The largest absolute Gasteiger partial charge is 0.351 e. The van der Waals surface area contributed by atoms with E-state index in [-0.39, 0.29) is 17.9 Å². The van der Waals surface area contributed by atoms with Crippen LogP contribution >= 0.6 is 0 Å². The van der Waals surface area contributed by atoms with Gasteiger partial charge in [-0.2, -0.15) is 0 Å². The number of hydrogen-bond acceptors (Lipinski definition) is 3. The maximum Gasteiger partial charge on any atom is 0.243 e. The molecule has 28 heavy (non-hydrogen) atoms. The molecule has 2 heterocycles. The van der Waals surface area contributed by atoms with Gasteiger partial charge in [0, 0.05) is 44.7 Å². The summed E-state index contributed by atoms with van der Waals surface area (Å²) in [4.78, 5) is 29.2. The van der Waals surface area contributed by atoms with E-state index in [9.17, 15) is 9.59 Å². The minimum atomic E-state index is -0.433. The SMILES string of the molecule is CC(=O)N1c2ccccc2CC1C(=O)NC1CCN(Cc2ccccc2)CC1. The molecule has 0 aliphatic carbocycles. The molecule has 0 bridgehead atoms. The fraction of sp³-hybridized carbons (Fsp3) is 0.391. The van der Waals surface area contributed by atoms with Crippen molar-refractivity contribution < 1.29 is 9.59 Å². The molecule has 1 fully saturated rings. The summed E-state index contributed by atoms with van der Waals surface area (Å²) in [6.07, 6.45) is 2.48. The maximum absolute atomic E-state index is 13.0. The Morgan fingerprint density at radius 3 is 2.39 bits per heavy atom. The summed E-state index contributed by atoms with van der Waals surface area (Å²) in [6, 6.07) is 18.0. The van der Waals surface area contributed by atoms with Crippen molar-refractivity contribution in [1.82, 2.24) is 10.2 Å².